The third-order valence-electron chi connectivity index (χ3n) is 6.22. The van der Waals surface area contributed by atoms with Crippen molar-refractivity contribution in [2.75, 3.05) is 48.5 Å². The van der Waals surface area contributed by atoms with Crippen LogP contribution in [0.2, 0.25) is 0 Å². The van der Waals surface area contributed by atoms with Crippen LogP contribution in [0.3, 0.4) is 0 Å². The first kappa shape index (κ1) is 19.1. The van der Waals surface area contributed by atoms with Crippen molar-refractivity contribution in [3.8, 4) is 0 Å². The molecular weight excluding hydrogens is 378 g/mol. The van der Waals surface area contributed by atoms with Gasteiger partial charge in [0.2, 0.25) is 5.95 Å². The Balaban J connectivity index is 1.38. The number of morpholine rings is 1. The molecule has 8 heteroatoms. The molecule has 30 heavy (non-hydrogen) atoms. The van der Waals surface area contributed by atoms with Gasteiger partial charge in [-0.05, 0) is 37.1 Å². The van der Waals surface area contributed by atoms with Crippen LogP contribution < -0.4 is 15.1 Å². The second-order valence-electron chi connectivity index (χ2n) is 8.14. The normalized spacial score (nSPS) is 18.0. The molecule has 3 aromatic rings. The van der Waals surface area contributed by atoms with Crippen molar-refractivity contribution >= 4 is 34.3 Å². The van der Waals surface area contributed by atoms with Gasteiger partial charge in [-0.1, -0.05) is 19.3 Å². The van der Waals surface area contributed by atoms with Gasteiger partial charge < -0.3 is 24.8 Å². The number of benzene rings is 1. The minimum atomic E-state index is 0.509. The maximum absolute atomic E-state index is 5.44. The van der Waals surface area contributed by atoms with E-state index in [0.29, 0.717) is 12.0 Å². The smallest absolute Gasteiger partial charge is 0.231 e. The zero-order valence-corrected chi connectivity index (χ0v) is 17.5. The highest BCUT2D eigenvalue weighted by Gasteiger charge is 2.23. The molecule has 2 aromatic heterocycles. The monoisotopic (exact) mass is 407 g/mol. The molecule has 1 saturated carbocycles. The van der Waals surface area contributed by atoms with Crippen LogP contribution in [-0.2, 0) is 4.74 Å². The van der Waals surface area contributed by atoms with E-state index in [2.05, 4.69) is 61.4 Å². The van der Waals surface area contributed by atoms with E-state index in [1.54, 1.807) is 6.33 Å². The summed E-state index contributed by atoms with van der Waals surface area (Å²) in [6, 6.07) is 8.94. The van der Waals surface area contributed by atoms with E-state index < -0.39 is 0 Å². The topological polar surface area (TPSA) is 82.2 Å². The first-order chi connectivity index (χ1) is 14.8. The van der Waals surface area contributed by atoms with Crippen molar-refractivity contribution in [3.63, 3.8) is 0 Å². The Morgan fingerprint density at radius 2 is 1.83 bits per heavy atom. The number of aromatic nitrogens is 4. The maximum atomic E-state index is 5.44. The Morgan fingerprint density at radius 1 is 1.07 bits per heavy atom. The standard InChI is InChI=1S/C22H29N7O/c1-28(17-5-3-2-4-6-17)21-19-20(24-15-23-19)26-22(27-21)25-16-7-9-18(10-8-16)29-11-13-30-14-12-29/h7-10,15,17H,2-6,11-14H2,1H3,(H2,23,24,25,26,27). The molecule has 2 aliphatic rings. The lowest BCUT2D eigenvalue weighted by molar-refractivity contribution is 0.122. The molecule has 8 nitrogen and oxygen atoms in total. The van der Waals surface area contributed by atoms with Crippen LogP contribution >= 0.6 is 0 Å². The van der Waals surface area contributed by atoms with Gasteiger partial charge in [-0.2, -0.15) is 9.97 Å². The number of anilines is 4. The van der Waals surface area contributed by atoms with E-state index in [1.807, 2.05) is 0 Å². The zero-order valence-electron chi connectivity index (χ0n) is 17.5. The van der Waals surface area contributed by atoms with Crippen LogP contribution in [0.1, 0.15) is 32.1 Å². The molecule has 1 aliphatic carbocycles. The average molecular weight is 408 g/mol. The molecule has 0 unspecified atom stereocenters. The Bertz CT molecular complexity index is 975. The van der Waals surface area contributed by atoms with Gasteiger partial charge in [0.05, 0.1) is 19.5 Å². The number of aromatic amines is 1. The van der Waals surface area contributed by atoms with Crippen LogP contribution in [0.25, 0.3) is 11.2 Å². The summed E-state index contributed by atoms with van der Waals surface area (Å²) in [6.45, 7) is 3.44. The van der Waals surface area contributed by atoms with Crippen molar-refractivity contribution in [1.29, 1.82) is 0 Å². The summed E-state index contributed by atoms with van der Waals surface area (Å²) in [5.41, 5.74) is 3.77. The summed E-state index contributed by atoms with van der Waals surface area (Å²) < 4.78 is 5.44. The van der Waals surface area contributed by atoms with Crippen LogP contribution in [0.5, 0.6) is 0 Å². The van der Waals surface area contributed by atoms with Gasteiger partial charge >= 0.3 is 0 Å². The molecule has 5 rings (SSSR count). The molecule has 2 fully saturated rings. The Morgan fingerprint density at radius 3 is 2.60 bits per heavy atom. The predicted molar refractivity (Wildman–Crippen MR) is 120 cm³/mol. The van der Waals surface area contributed by atoms with Gasteiger partial charge in [0.15, 0.2) is 17.0 Å². The van der Waals surface area contributed by atoms with Crippen LogP contribution in [0, 0.1) is 0 Å². The fraction of sp³-hybridized carbons (Fsp3) is 0.500. The Hall–Kier alpha value is -2.87. The van der Waals surface area contributed by atoms with Gasteiger partial charge in [0.25, 0.3) is 0 Å². The minimum absolute atomic E-state index is 0.509. The highest BCUT2D eigenvalue weighted by Crippen LogP contribution is 2.30. The predicted octanol–water partition coefficient (Wildman–Crippen LogP) is 3.70. The molecule has 0 spiro atoms. The molecule has 158 valence electrons. The summed E-state index contributed by atoms with van der Waals surface area (Å²) in [5.74, 6) is 1.48. The molecular formula is C22H29N7O. The number of nitrogens with one attached hydrogen (secondary N) is 2. The third kappa shape index (κ3) is 3.92. The first-order valence-electron chi connectivity index (χ1n) is 10.9. The van der Waals surface area contributed by atoms with Gasteiger partial charge in [-0.25, -0.2) is 4.98 Å². The lowest BCUT2D eigenvalue weighted by Crippen LogP contribution is -2.36. The van der Waals surface area contributed by atoms with Crippen molar-refractivity contribution in [2.45, 2.75) is 38.1 Å². The second-order valence-corrected chi connectivity index (χ2v) is 8.14. The average Bonchev–Trinajstić information content (AvgIpc) is 3.28. The Kier molecular flexibility index (Phi) is 5.40. The highest BCUT2D eigenvalue weighted by molar-refractivity contribution is 5.84. The number of rotatable bonds is 5. The molecule has 1 aliphatic heterocycles. The number of H-pyrrole nitrogens is 1. The summed E-state index contributed by atoms with van der Waals surface area (Å²) in [4.78, 5) is 21.7. The first-order valence-corrected chi connectivity index (χ1v) is 10.9. The van der Waals surface area contributed by atoms with Crippen molar-refractivity contribution in [1.82, 2.24) is 19.9 Å². The van der Waals surface area contributed by atoms with Gasteiger partial charge in [0.1, 0.15) is 0 Å². The van der Waals surface area contributed by atoms with Gasteiger partial charge in [-0.3, -0.25) is 0 Å². The number of fused-ring (bicyclic) bond motifs is 1. The van der Waals surface area contributed by atoms with Crippen LogP contribution in [-0.4, -0.2) is 59.3 Å². The minimum Gasteiger partial charge on any atom is -0.378 e. The number of hydrogen-bond acceptors (Lipinski definition) is 7. The molecule has 3 heterocycles. The van der Waals surface area contributed by atoms with Gasteiger partial charge in [0, 0.05) is 37.6 Å². The number of nitrogens with zero attached hydrogens (tertiary/aromatic N) is 5. The van der Waals surface area contributed by atoms with Gasteiger partial charge in [-0.15, -0.1) is 0 Å². The zero-order chi connectivity index (χ0) is 20.3. The molecule has 0 radical (unpaired) electrons. The fourth-order valence-corrected chi connectivity index (χ4v) is 4.47. The van der Waals surface area contributed by atoms with Crippen molar-refractivity contribution < 1.29 is 4.74 Å². The Labute approximate surface area is 176 Å². The summed E-state index contributed by atoms with van der Waals surface area (Å²) in [5, 5.41) is 3.37. The molecule has 0 amide bonds. The van der Waals surface area contributed by atoms with Crippen LogP contribution in [0.15, 0.2) is 30.6 Å². The molecule has 1 saturated heterocycles. The van der Waals surface area contributed by atoms with Crippen LogP contribution in [0.4, 0.5) is 23.1 Å². The summed E-state index contributed by atoms with van der Waals surface area (Å²) >= 11 is 0. The van der Waals surface area contributed by atoms with Crippen molar-refractivity contribution in [3.05, 3.63) is 30.6 Å². The lowest BCUT2D eigenvalue weighted by atomic mass is 9.94. The number of hydrogen-bond donors (Lipinski definition) is 2. The quantitative estimate of drug-likeness (QED) is 0.667. The SMILES string of the molecule is CN(c1nc(Nc2ccc(N3CCOCC3)cc2)nc2[nH]cnc12)C1CCCCC1. The second kappa shape index (κ2) is 8.47. The lowest BCUT2D eigenvalue weighted by Gasteiger charge is -2.32. The molecule has 0 bridgehead atoms. The van der Waals surface area contributed by atoms with E-state index in [9.17, 15) is 0 Å². The van der Waals surface area contributed by atoms with Crippen molar-refractivity contribution in [2.24, 2.45) is 0 Å². The molecule has 2 N–H and O–H groups in total. The van der Waals surface area contributed by atoms with E-state index in [1.165, 1.54) is 37.8 Å². The van der Waals surface area contributed by atoms with E-state index in [-0.39, 0.29) is 0 Å². The van der Waals surface area contributed by atoms with E-state index in [4.69, 9.17) is 9.72 Å². The number of imidazole rings is 1. The largest absolute Gasteiger partial charge is 0.378 e. The summed E-state index contributed by atoms with van der Waals surface area (Å²) in [6.07, 6.45) is 8.00. The highest BCUT2D eigenvalue weighted by atomic mass is 16.5. The van der Waals surface area contributed by atoms with E-state index >= 15 is 0 Å². The summed E-state index contributed by atoms with van der Waals surface area (Å²) in [7, 11) is 2.13. The maximum Gasteiger partial charge on any atom is 0.231 e. The number of ether oxygens (including phenoxy) is 1. The fourth-order valence-electron chi connectivity index (χ4n) is 4.47. The third-order valence-corrected chi connectivity index (χ3v) is 6.22. The molecule has 0 atom stereocenters. The van der Waals surface area contributed by atoms with E-state index in [0.717, 1.165) is 49.0 Å². The molecule has 1 aromatic carbocycles.